The van der Waals surface area contributed by atoms with E-state index in [1.165, 1.54) is 11.3 Å². The average Bonchev–Trinajstić information content (AvgIpc) is 3.12. The molecule has 0 saturated heterocycles. The van der Waals surface area contributed by atoms with Crippen molar-refractivity contribution >= 4 is 40.5 Å². The lowest BCUT2D eigenvalue weighted by atomic mass is 10.2. The molecular formula is C18H12ClN3O3S. The van der Waals surface area contributed by atoms with Gasteiger partial charge in [0.1, 0.15) is 0 Å². The number of carbonyl (C=O) groups is 2. The SMILES string of the molecule is NC(=O)C(=NOC(=O)c1ccccc1)c1nc(-c2ccc(Cl)cc2)cs1. The van der Waals surface area contributed by atoms with Crippen molar-refractivity contribution in [2.24, 2.45) is 10.9 Å². The van der Waals surface area contributed by atoms with Gasteiger partial charge < -0.3 is 10.6 Å². The maximum absolute atomic E-state index is 12.0. The standard InChI is InChI=1S/C18H12ClN3O3S/c19-13-8-6-11(7-9-13)14-10-26-17(21-14)15(16(20)23)22-25-18(24)12-4-2-1-3-5-12/h1-10H,(H2,20,23). The van der Waals surface area contributed by atoms with Crippen LogP contribution in [0.15, 0.2) is 65.1 Å². The molecule has 0 unspecified atom stereocenters. The Morgan fingerprint density at radius 3 is 2.42 bits per heavy atom. The molecule has 0 atom stereocenters. The molecule has 1 amide bonds. The van der Waals surface area contributed by atoms with E-state index in [0.717, 1.165) is 5.56 Å². The van der Waals surface area contributed by atoms with Crippen LogP contribution in [0.3, 0.4) is 0 Å². The van der Waals surface area contributed by atoms with E-state index in [4.69, 9.17) is 22.2 Å². The molecule has 0 aliphatic heterocycles. The molecule has 8 heteroatoms. The molecule has 1 heterocycles. The number of primary amides is 1. The third-order valence-corrected chi connectivity index (χ3v) is 4.41. The van der Waals surface area contributed by atoms with Crippen LogP contribution in [0.1, 0.15) is 15.4 Å². The van der Waals surface area contributed by atoms with E-state index < -0.39 is 11.9 Å². The van der Waals surface area contributed by atoms with Crippen LogP contribution >= 0.6 is 22.9 Å². The molecule has 6 nitrogen and oxygen atoms in total. The number of nitrogens with zero attached hydrogens (tertiary/aromatic N) is 2. The van der Waals surface area contributed by atoms with Crippen molar-refractivity contribution < 1.29 is 14.4 Å². The second-order valence-corrected chi connectivity index (χ2v) is 6.39. The van der Waals surface area contributed by atoms with Gasteiger partial charge in [0.2, 0.25) is 5.71 Å². The topological polar surface area (TPSA) is 94.6 Å². The molecule has 0 saturated carbocycles. The Labute approximate surface area is 157 Å². The summed E-state index contributed by atoms with van der Waals surface area (Å²) in [5.41, 5.74) is 6.88. The fraction of sp³-hybridized carbons (Fsp3) is 0. The van der Waals surface area contributed by atoms with Gasteiger partial charge in [-0.3, -0.25) is 4.79 Å². The molecule has 2 N–H and O–H groups in total. The molecule has 0 spiro atoms. The maximum atomic E-state index is 12.0. The normalized spacial score (nSPS) is 11.2. The molecular weight excluding hydrogens is 374 g/mol. The van der Waals surface area contributed by atoms with Gasteiger partial charge >= 0.3 is 5.97 Å². The Hall–Kier alpha value is -3.03. The van der Waals surface area contributed by atoms with Gasteiger partial charge in [0.05, 0.1) is 11.3 Å². The number of amides is 1. The first kappa shape index (κ1) is 17.8. The Bertz CT molecular complexity index is 969. The number of carbonyl (C=O) groups excluding carboxylic acids is 2. The Morgan fingerprint density at radius 1 is 1.08 bits per heavy atom. The highest BCUT2D eigenvalue weighted by Crippen LogP contribution is 2.24. The number of rotatable bonds is 5. The fourth-order valence-corrected chi connectivity index (χ4v) is 2.98. The Kier molecular flexibility index (Phi) is 5.40. The summed E-state index contributed by atoms with van der Waals surface area (Å²) in [4.78, 5) is 32.8. The Morgan fingerprint density at radius 2 is 1.77 bits per heavy atom. The number of hydrogen-bond donors (Lipinski definition) is 1. The van der Waals surface area contributed by atoms with Gasteiger partial charge in [0.15, 0.2) is 5.01 Å². The molecule has 26 heavy (non-hydrogen) atoms. The van der Waals surface area contributed by atoms with Crippen LogP contribution in [0.25, 0.3) is 11.3 Å². The Balaban J connectivity index is 1.83. The molecule has 0 radical (unpaired) electrons. The first-order valence-electron chi connectivity index (χ1n) is 7.40. The molecule has 3 rings (SSSR count). The first-order chi connectivity index (χ1) is 12.5. The zero-order valence-electron chi connectivity index (χ0n) is 13.3. The number of oxime groups is 1. The van der Waals surface area contributed by atoms with Gasteiger partial charge in [-0.2, -0.15) is 0 Å². The minimum Gasteiger partial charge on any atom is -0.364 e. The van der Waals surface area contributed by atoms with Crippen molar-refractivity contribution in [2.75, 3.05) is 0 Å². The number of halogens is 1. The van der Waals surface area contributed by atoms with E-state index in [1.54, 1.807) is 60.0 Å². The molecule has 0 aliphatic rings. The van der Waals surface area contributed by atoms with Gasteiger partial charge in [0.25, 0.3) is 5.91 Å². The zero-order chi connectivity index (χ0) is 18.5. The van der Waals surface area contributed by atoms with E-state index in [-0.39, 0.29) is 10.7 Å². The lowest BCUT2D eigenvalue weighted by Gasteiger charge is -2.00. The molecule has 0 aliphatic carbocycles. The summed E-state index contributed by atoms with van der Waals surface area (Å²) in [5.74, 6) is -1.54. The summed E-state index contributed by atoms with van der Waals surface area (Å²) >= 11 is 7.04. The van der Waals surface area contributed by atoms with Gasteiger partial charge in [-0.15, -0.1) is 11.3 Å². The summed E-state index contributed by atoms with van der Waals surface area (Å²) < 4.78 is 0. The van der Waals surface area contributed by atoms with Crippen molar-refractivity contribution in [1.29, 1.82) is 0 Å². The lowest BCUT2D eigenvalue weighted by molar-refractivity contribution is -0.112. The van der Waals surface area contributed by atoms with Gasteiger partial charge in [-0.05, 0) is 24.3 Å². The van der Waals surface area contributed by atoms with Crippen LogP contribution < -0.4 is 5.73 Å². The minimum atomic E-state index is -0.845. The highest BCUT2D eigenvalue weighted by molar-refractivity contribution is 7.13. The summed E-state index contributed by atoms with van der Waals surface area (Å²) in [5, 5.41) is 6.22. The van der Waals surface area contributed by atoms with Crippen LogP contribution in [0.4, 0.5) is 0 Å². The van der Waals surface area contributed by atoms with Crippen LogP contribution in [-0.4, -0.2) is 22.6 Å². The van der Waals surface area contributed by atoms with Crippen LogP contribution in [0.2, 0.25) is 5.02 Å². The van der Waals surface area contributed by atoms with Crippen LogP contribution in [-0.2, 0) is 9.63 Å². The smallest absolute Gasteiger partial charge is 0.364 e. The van der Waals surface area contributed by atoms with Crippen LogP contribution in [0, 0.1) is 0 Å². The molecule has 1 aromatic heterocycles. The first-order valence-corrected chi connectivity index (χ1v) is 8.66. The summed E-state index contributed by atoms with van der Waals surface area (Å²) in [7, 11) is 0. The summed E-state index contributed by atoms with van der Waals surface area (Å²) in [6.45, 7) is 0. The molecule has 0 bridgehead atoms. The van der Waals surface area contributed by atoms with Gasteiger partial charge in [-0.25, -0.2) is 9.78 Å². The number of hydrogen-bond acceptors (Lipinski definition) is 6. The second kappa shape index (κ2) is 7.90. The van der Waals surface area contributed by atoms with E-state index >= 15 is 0 Å². The number of benzene rings is 2. The molecule has 2 aromatic carbocycles. The number of thiazole rings is 1. The highest BCUT2D eigenvalue weighted by Gasteiger charge is 2.18. The second-order valence-electron chi connectivity index (χ2n) is 5.09. The predicted molar refractivity (Wildman–Crippen MR) is 100 cm³/mol. The maximum Gasteiger partial charge on any atom is 0.365 e. The third kappa shape index (κ3) is 4.14. The molecule has 130 valence electrons. The van der Waals surface area contributed by atoms with E-state index in [9.17, 15) is 9.59 Å². The fourth-order valence-electron chi connectivity index (χ4n) is 2.04. The van der Waals surface area contributed by atoms with Gasteiger partial charge in [0, 0.05) is 16.0 Å². The minimum absolute atomic E-state index is 0.223. The average molecular weight is 386 g/mol. The predicted octanol–water partition coefficient (Wildman–Crippen LogP) is 3.51. The van der Waals surface area contributed by atoms with E-state index in [2.05, 4.69) is 10.1 Å². The van der Waals surface area contributed by atoms with Crippen LogP contribution in [0.5, 0.6) is 0 Å². The summed E-state index contributed by atoms with van der Waals surface area (Å²) in [6.07, 6.45) is 0. The van der Waals surface area contributed by atoms with Crippen molar-refractivity contribution in [1.82, 2.24) is 4.98 Å². The third-order valence-electron chi connectivity index (χ3n) is 3.31. The van der Waals surface area contributed by atoms with Crippen molar-refractivity contribution in [3.05, 3.63) is 75.6 Å². The van der Waals surface area contributed by atoms with E-state index in [0.29, 0.717) is 16.3 Å². The summed E-state index contributed by atoms with van der Waals surface area (Å²) in [6, 6.07) is 15.4. The largest absolute Gasteiger partial charge is 0.365 e. The van der Waals surface area contributed by atoms with E-state index in [1.807, 2.05) is 0 Å². The monoisotopic (exact) mass is 385 g/mol. The quantitative estimate of drug-likeness (QED) is 0.413. The van der Waals surface area contributed by atoms with Crippen molar-refractivity contribution in [2.45, 2.75) is 0 Å². The van der Waals surface area contributed by atoms with Gasteiger partial charge in [-0.1, -0.05) is 47.1 Å². The van der Waals surface area contributed by atoms with Crippen molar-refractivity contribution in [3.63, 3.8) is 0 Å². The highest BCUT2D eigenvalue weighted by atomic mass is 35.5. The number of nitrogens with two attached hydrogens (primary N) is 1. The molecule has 3 aromatic rings. The molecule has 0 fully saturated rings. The lowest BCUT2D eigenvalue weighted by Crippen LogP contribution is -2.25. The number of aromatic nitrogens is 1. The zero-order valence-corrected chi connectivity index (χ0v) is 14.8. The van der Waals surface area contributed by atoms with Crippen molar-refractivity contribution in [3.8, 4) is 11.3 Å².